The van der Waals surface area contributed by atoms with E-state index in [0.29, 0.717) is 17.1 Å². The third-order valence-electron chi connectivity index (χ3n) is 4.48. The lowest BCUT2D eigenvalue weighted by molar-refractivity contribution is 0.0767. The van der Waals surface area contributed by atoms with Crippen LogP contribution in [-0.4, -0.2) is 42.0 Å². The van der Waals surface area contributed by atoms with Crippen molar-refractivity contribution in [2.75, 3.05) is 31.1 Å². The molecule has 1 aliphatic heterocycles. The van der Waals surface area contributed by atoms with Gasteiger partial charge in [0, 0.05) is 41.8 Å². The normalized spacial score (nSPS) is 15.3. The molecule has 0 unspecified atom stereocenters. The highest BCUT2D eigenvalue weighted by Gasteiger charge is 2.22. The number of nitrogens with zero attached hydrogens (tertiary/aromatic N) is 3. The molecule has 4 nitrogen and oxygen atoms in total. The molecular formula is C19H17Cl2N3OS. The third-order valence-corrected chi connectivity index (χ3v) is 6.05. The Hall–Kier alpha value is -1.82. The molecule has 2 aromatic carbocycles. The summed E-state index contributed by atoms with van der Waals surface area (Å²) in [6.45, 7) is 3.08. The van der Waals surface area contributed by atoms with Crippen molar-refractivity contribution in [3.8, 4) is 0 Å². The maximum absolute atomic E-state index is 12.7. The van der Waals surface area contributed by atoms with E-state index in [9.17, 15) is 4.79 Å². The first-order valence-electron chi connectivity index (χ1n) is 8.46. The second-order valence-corrected chi connectivity index (χ2v) is 8.13. The van der Waals surface area contributed by atoms with Crippen LogP contribution in [0.2, 0.25) is 10.0 Å². The van der Waals surface area contributed by atoms with Crippen LogP contribution in [0.3, 0.4) is 0 Å². The summed E-state index contributed by atoms with van der Waals surface area (Å²) in [6.07, 6.45) is 0.913. The number of aromatic nitrogens is 1. The molecule has 0 bridgehead atoms. The molecule has 0 atom stereocenters. The molecule has 1 aromatic heterocycles. The average Bonchev–Trinajstić information content (AvgIpc) is 2.89. The number of rotatable bonds is 2. The Morgan fingerprint density at radius 1 is 0.962 bits per heavy atom. The van der Waals surface area contributed by atoms with Crippen LogP contribution in [0.25, 0.3) is 10.2 Å². The predicted octanol–water partition coefficient (Wildman–Crippen LogP) is 4.96. The molecule has 0 N–H and O–H groups in total. The summed E-state index contributed by atoms with van der Waals surface area (Å²) < 4.78 is 1.09. The molecule has 0 saturated carbocycles. The molecule has 7 heteroatoms. The van der Waals surface area contributed by atoms with Gasteiger partial charge in [0.05, 0.1) is 10.2 Å². The van der Waals surface area contributed by atoms with Crippen molar-refractivity contribution in [1.29, 1.82) is 0 Å². The minimum Gasteiger partial charge on any atom is -0.346 e. The van der Waals surface area contributed by atoms with Crippen molar-refractivity contribution < 1.29 is 4.79 Å². The van der Waals surface area contributed by atoms with Gasteiger partial charge in [-0.25, -0.2) is 4.98 Å². The van der Waals surface area contributed by atoms with Crippen LogP contribution in [0, 0.1) is 0 Å². The Kier molecular flexibility index (Phi) is 5.02. The monoisotopic (exact) mass is 405 g/mol. The van der Waals surface area contributed by atoms with Crippen molar-refractivity contribution in [2.24, 2.45) is 0 Å². The number of halogens is 2. The summed E-state index contributed by atoms with van der Waals surface area (Å²) in [5.74, 6) is 0.0552. The minimum atomic E-state index is 0.0552. The van der Waals surface area contributed by atoms with Crippen molar-refractivity contribution in [2.45, 2.75) is 6.42 Å². The van der Waals surface area contributed by atoms with Crippen molar-refractivity contribution >= 4 is 55.8 Å². The maximum atomic E-state index is 12.7. The number of carbonyl (C=O) groups is 1. The lowest BCUT2D eigenvalue weighted by Crippen LogP contribution is -2.35. The zero-order chi connectivity index (χ0) is 18.1. The van der Waals surface area contributed by atoms with Crippen LogP contribution < -0.4 is 4.90 Å². The van der Waals surface area contributed by atoms with E-state index in [0.717, 1.165) is 46.4 Å². The highest BCUT2D eigenvalue weighted by atomic mass is 35.5. The zero-order valence-corrected chi connectivity index (χ0v) is 16.3. The topological polar surface area (TPSA) is 36.4 Å². The first-order valence-corrected chi connectivity index (χ1v) is 10.0. The molecule has 134 valence electrons. The van der Waals surface area contributed by atoms with E-state index in [2.05, 4.69) is 4.90 Å². The van der Waals surface area contributed by atoms with Crippen LogP contribution in [-0.2, 0) is 0 Å². The average molecular weight is 406 g/mol. The number of amides is 1. The van der Waals surface area contributed by atoms with Gasteiger partial charge < -0.3 is 9.80 Å². The van der Waals surface area contributed by atoms with Crippen molar-refractivity contribution in [1.82, 2.24) is 9.88 Å². The molecule has 1 fully saturated rings. The molecule has 0 aliphatic carbocycles. The predicted molar refractivity (Wildman–Crippen MR) is 109 cm³/mol. The fourth-order valence-corrected chi connectivity index (χ4v) is 4.53. The number of hydrogen-bond donors (Lipinski definition) is 0. The van der Waals surface area contributed by atoms with E-state index in [4.69, 9.17) is 28.2 Å². The summed E-state index contributed by atoms with van der Waals surface area (Å²) in [6, 6.07) is 12.8. The van der Waals surface area contributed by atoms with Crippen LogP contribution in [0.5, 0.6) is 0 Å². The van der Waals surface area contributed by atoms with Gasteiger partial charge in [0.25, 0.3) is 5.91 Å². The molecule has 0 spiro atoms. The number of carbonyl (C=O) groups excluding carboxylic acids is 1. The first-order chi connectivity index (χ1) is 12.6. The number of hydrogen-bond acceptors (Lipinski definition) is 4. The Morgan fingerprint density at radius 3 is 2.54 bits per heavy atom. The van der Waals surface area contributed by atoms with Gasteiger partial charge in [0.1, 0.15) is 0 Å². The second kappa shape index (κ2) is 7.43. The van der Waals surface area contributed by atoms with Gasteiger partial charge in [-0.1, -0.05) is 34.5 Å². The van der Waals surface area contributed by atoms with Crippen LogP contribution in [0.1, 0.15) is 16.8 Å². The fraction of sp³-hybridized carbons (Fsp3) is 0.263. The molecule has 1 aliphatic rings. The fourth-order valence-electron chi connectivity index (χ4n) is 3.11. The summed E-state index contributed by atoms with van der Waals surface area (Å²) >= 11 is 13.6. The third kappa shape index (κ3) is 3.65. The van der Waals surface area contributed by atoms with Gasteiger partial charge in [-0.15, -0.1) is 0 Å². The molecule has 3 aromatic rings. The number of anilines is 1. The number of benzene rings is 2. The number of fused-ring (bicyclic) bond motifs is 1. The van der Waals surface area contributed by atoms with Gasteiger partial charge in [-0.2, -0.15) is 0 Å². The van der Waals surface area contributed by atoms with Gasteiger partial charge in [-0.05, 0) is 48.9 Å². The Morgan fingerprint density at radius 2 is 1.73 bits per heavy atom. The second-order valence-electron chi connectivity index (χ2n) is 6.25. The van der Waals surface area contributed by atoms with Gasteiger partial charge in [0.15, 0.2) is 5.13 Å². The van der Waals surface area contributed by atoms with Crippen LogP contribution in [0.4, 0.5) is 5.13 Å². The number of thiazole rings is 1. The zero-order valence-electron chi connectivity index (χ0n) is 14.0. The quantitative estimate of drug-likeness (QED) is 0.604. The van der Waals surface area contributed by atoms with E-state index in [1.54, 1.807) is 35.6 Å². The highest BCUT2D eigenvalue weighted by Crippen LogP contribution is 2.31. The molecule has 0 radical (unpaired) electrons. The van der Waals surface area contributed by atoms with E-state index in [-0.39, 0.29) is 5.91 Å². The van der Waals surface area contributed by atoms with Crippen molar-refractivity contribution in [3.05, 3.63) is 58.1 Å². The first kappa shape index (κ1) is 17.6. The minimum absolute atomic E-state index is 0.0552. The van der Waals surface area contributed by atoms with E-state index in [1.807, 2.05) is 23.1 Å². The van der Waals surface area contributed by atoms with Crippen LogP contribution in [0.15, 0.2) is 42.5 Å². The van der Waals surface area contributed by atoms with Crippen molar-refractivity contribution in [3.63, 3.8) is 0 Å². The Labute approximate surface area is 166 Å². The largest absolute Gasteiger partial charge is 0.346 e. The molecule has 4 rings (SSSR count). The SMILES string of the molecule is O=C(c1ccc(Cl)cc1)N1CCCN(c2nc3ccc(Cl)cc3s2)CC1. The molecular weight excluding hydrogens is 389 g/mol. The molecule has 1 amide bonds. The maximum Gasteiger partial charge on any atom is 0.253 e. The highest BCUT2D eigenvalue weighted by molar-refractivity contribution is 7.22. The molecule has 26 heavy (non-hydrogen) atoms. The lowest BCUT2D eigenvalue weighted by Gasteiger charge is -2.21. The summed E-state index contributed by atoms with van der Waals surface area (Å²) in [7, 11) is 0. The standard InChI is InChI=1S/C19H17Cl2N3OS/c20-14-4-2-13(3-5-14)18(25)23-8-1-9-24(11-10-23)19-22-16-7-6-15(21)12-17(16)26-19/h2-7,12H,1,8-11H2. The van der Waals surface area contributed by atoms with E-state index in [1.165, 1.54) is 0 Å². The van der Waals surface area contributed by atoms with Gasteiger partial charge in [-0.3, -0.25) is 4.79 Å². The summed E-state index contributed by atoms with van der Waals surface area (Å²) in [5.41, 5.74) is 1.64. The van der Waals surface area contributed by atoms with Crippen LogP contribution >= 0.6 is 34.5 Å². The van der Waals surface area contributed by atoms with Gasteiger partial charge in [0.2, 0.25) is 0 Å². The Bertz CT molecular complexity index is 942. The summed E-state index contributed by atoms with van der Waals surface area (Å²) in [4.78, 5) is 21.6. The molecule has 1 saturated heterocycles. The summed E-state index contributed by atoms with van der Waals surface area (Å²) in [5, 5.41) is 2.35. The van der Waals surface area contributed by atoms with E-state index >= 15 is 0 Å². The lowest BCUT2D eigenvalue weighted by atomic mass is 10.2. The Balaban J connectivity index is 1.48. The van der Waals surface area contributed by atoms with E-state index < -0.39 is 0 Å². The molecule has 2 heterocycles. The van der Waals surface area contributed by atoms with Gasteiger partial charge >= 0.3 is 0 Å². The smallest absolute Gasteiger partial charge is 0.253 e.